The third kappa shape index (κ3) is 4.48. The van der Waals surface area contributed by atoms with Crippen molar-refractivity contribution in [1.82, 2.24) is 4.98 Å². The smallest absolute Gasteiger partial charge is 0.274 e. The van der Waals surface area contributed by atoms with Crippen molar-refractivity contribution in [2.75, 3.05) is 9.91 Å². The van der Waals surface area contributed by atoms with Gasteiger partial charge in [0.2, 0.25) is 16.9 Å². The molecule has 1 aliphatic rings. The van der Waals surface area contributed by atoms with E-state index in [1.807, 2.05) is 0 Å². The number of rotatable bonds is 6. The van der Waals surface area contributed by atoms with E-state index in [0.29, 0.717) is 20.8 Å². The van der Waals surface area contributed by atoms with E-state index in [9.17, 15) is 28.9 Å². The van der Waals surface area contributed by atoms with Gasteiger partial charge in [0.15, 0.2) is 0 Å². The van der Waals surface area contributed by atoms with E-state index in [1.54, 1.807) is 0 Å². The molecule has 0 saturated carbocycles. The predicted molar refractivity (Wildman–Crippen MR) is 133 cm³/mol. The average molecular weight is 524 g/mol. The van der Waals surface area contributed by atoms with Crippen molar-refractivity contribution in [2.24, 2.45) is 5.10 Å². The Morgan fingerprint density at radius 3 is 2.47 bits per heavy atom. The first-order chi connectivity index (χ1) is 17.3. The SMILES string of the molecule is O=C(c1ccc(N2C(=O)CCC2=O)cc1)N(/N=C/c1ccc([N+](=O)[O-])s1)c1nc2ccc(F)cc2s1. The number of anilines is 2. The first-order valence-corrected chi connectivity index (χ1v) is 12.1. The average Bonchev–Trinajstić information content (AvgIpc) is 3.58. The number of carbonyl (C=O) groups is 3. The lowest BCUT2D eigenvalue weighted by Crippen LogP contribution is -2.29. The maximum atomic E-state index is 13.7. The minimum absolute atomic E-state index is 0.0774. The summed E-state index contributed by atoms with van der Waals surface area (Å²) in [7, 11) is 0. The zero-order valence-electron chi connectivity index (χ0n) is 18.2. The van der Waals surface area contributed by atoms with Crippen LogP contribution in [-0.2, 0) is 9.59 Å². The quantitative estimate of drug-likeness (QED) is 0.156. The molecule has 0 bridgehead atoms. The van der Waals surface area contributed by atoms with Crippen molar-refractivity contribution >= 4 is 72.6 Å². The number of thiazole rings is 1. The van der Waals surface area contributed by atoms with Gasteiger partial charge in [0.05, 0.1) is 31.9 Å². The molecule has 1 saturated heterocycles. The Labute approximate surface area is 210 Å². The Hall–Kier alpha value is -4.36. The number of hydrazone groups is 1. The molecule has 0 spiro atoms. The van der Waals surface area contributed by atoms with Crippen LogP contribution in [0.2, 0.25) is 0 Å². The van der Waals surface area contributed by atoms with E-state index in [-0.39, 0.29) is 40.4 Å². The van der Waals surface area contributed by atoms with Crippen molar-refractivity contribution in [3.05, 3.63) is 81.0 Å². The number of nitro groups is 1. The summed E-state index contributed by atoms with van der Waals surface area (Å²) >= 11 is 1.94. The van der Waals surface area contributed by atoms with Crippen LogP contribution in [-0.4, -0.2) is 33.8 Å². The first-order valence-electron chi connectivity index (χ1n) is 10.4. The van der Waals surface area contributed by atoms with Crippen molar-refractivity contribution in [1.29, 1.82) is 0 Å². The lowest BCUT2D eigenvalue weighted by molar-refractivity contribution is -0.380. The number of amides is 3. The fourth-order valence-electron chi connectivity index (χ4n) is 3.53. The second kappa shape index (κ2) is 9.36. The Kier molecular flexibility index (Phi) is 6.08. The molecule has 3 amide bonds. The summed E-state index contributed by atoms with van der Waals surface area (Å²) in [6.45, 7) is 0. The normalized spacial score (nSPS) is 13.8. The maximum absolute atomic E-state index is 13.7. The number of nitrogens with zero attached hydrogens (tertiary/aromatic N) is 5. The Balaban J connectivity index is 1.49. The molecule has 10 nitrogen and oxygen atoms in total. The van der Waals surface area contributed by atoms with Gasteiger partial charge in [-0.2, -0.15) is 10.1 Å². The van der Waals surface area contributed by atoms with E-state index < -0.39 is 16.6 Å². The van der Waals surface area contributed by atoms with Gasteiger partial charge in [-0.1, -0.05) is 22.7 Å². The second-order valence-corrected chi connectivity index (χ2v) is 9.68. The summed E-state index contributed by atoms with van der Waals surface area (Å²) < 4.78 is 14.2. The van der Waals surface area contributed by atoms with Crippen LogP contribution >= 0.6 is 22.7 Å². The lowest BCUT2D eigenvalue weighted by Gasteiger charge is -2.16. The van der Waals surface area contributed by atoms with Crippen LogP contribution in [0.15, 0.2) is 59.7 Å². The zero-order chi connectivity index (χ0) is 25.4. The summed E-state index contributed by atoms with van der Waals surface area (Å²) in [4.78, 5) is 53.8. The molecule has 2 aromatic carbocycles. The van der Waals surface area contributed by atoms with Gasteiger partial charge in [-0.3, -0.25) is 29.4 Å². The van der Waals surface area contributed by atoms with Gasteiger partial charge in [-0.25, -0.2) is 9.37 Å². The van der Waals surface area contributed by atoms with Gasteiger partial charge in [-0.05, 0) is 48.5 Å². The molecule has 3 heterocycles. The van der Waals surface area contributed by atoms with Crippen LogP contribution in [0.4, 0.5) is 20.2 Å². The number of fused-ring (bicyclic) bond motifs is 1. The van der Waals surface area contributed by atoms with Gasteiger partial charge in [0.25, 0.3) is 5.91 Å². The number of thiophene rings is 1. The van der Waals surface area contributed by atoms with Crippen molar-refractivity contribution in [3.63, 3.8) is 0 Å². The monoisotopic (exact) mass is 523 g/mol. The highest BCUT2D eigenvalue weighted by atomic mass is 32.1. The van der Waals surface area contributed by atoms with Crippen LogP contribution in [0.1, 0.15) is 28.1 Å². The van der Waals surface area contributed by atoms with Gasteiger partial charge < -0.3 is 0 Å². The zero-order valence-corrected chi connectivity index (χ0v) is 19.8. The minimum atomic E-state index is -0.581. The summed E-state index contributed by atoms with van der Waals surface area (Å²) in [5, 5.41) is 16.3. The fourth-order valence-corrected chi connectivity index (χ4v) is 5.16. The minimum Gasteiger partial charge on any atom is -0.274 e. The Bertz CT molecular complexity index is 1550. The van der Waals surface area contributed by atoms with Gasteiger partial charge in [-0.15, -0.1) is 0 Å². The number of halogens is 1. The topological polar surface area (TPSA) is 126 Å². The van der Waals surface area contributed by atoms with Crippen LogP contribution < -0.4 is 9.91 Å². The van der Waals surface area contributed by atoms with Crippen LogP contribution in [0.3, 0.4) is 0 Å². The number of aromatic nitrogens is 1. The molecule has 5 rings (SSSR count). The molecule has 0 aliphatic carbocycles. The van der Waals surface area contributed by atoms with E-state index in [0.717, 1.165) is 32.6 Å². The number of carbonyl (C=O) groups excluding carboxylic acids is 3. The predicted octanol–water partition coefficient (Wildman–Crippen LogP) is 4.74. The highest BCUT2D eigenvalue weighted by molar-refractivity contribution is 7.22. The standard InChI is InChI=1S/C23H14FN5O5S2/c24-14-3-7-17-18(11-14)36-23(26-17)28(25-12-16-6-10-21(35-16)29(33)34)22(32)13-1-4-15(5-2-13)27-19(30)8-9-20(27)31/h1-7,10-12H,8-9H2/b25-12+. The summed E-state index contributed by atoms with van der Waals surface area (Å²) in [5.41, 5.74) is 1.02. The molecule has 4 aromatic rings. The number of hydrogen-bond donors (Lipinski definition) is 0. The highest BCUT2D eigenvalue weighted by Gasteiger charge is 2.30. The first kappa shape index (κ1) is 23.4. The van der Waals surface area contributed by atoms with E-state index >= 15 is 0 Å². The van der Waals surface area contributed by atoms with Gasteiger partial charge >= 0.3 is 5.00 Å². The molecule has 0 unspecified atom stereocenters. The molecule has 1 fully saturated rings. The largest absolute Gasteiger partial charge is 0.324 e. The number of hydrogen-bond acceptors (Lipinski definition) is 9. The van der Waals surface area contributed by atoms with Crippen LogP contribution in [0, 0.1) is 15.9 Å². The second-order valence-electron chi connectivity index (χ2n) is 7.57. The van der Waals surface area contributed by atoms with E-state index in [1.165, 1.54) is 60.8 Å². The van der Waals surface area contributed by atoms with Crippen LogP contribution in [0.25, 0.3) is 10.2 Å². The third-order valence-electron chi connectivity index (χ3n) is 5.23. The summed E-state index contributed by atoms with van der Waals surface area (Å²) in [5.74, 6) is -1.65. The highest BCUT2D eigenvalue weighted by Crippen LogP contribution is 2.31. The van der Waals surface area contributed by atoms with E-state index in [2.05, 4.69) is 10.1 Å². The molecular weight excluding hydrogens is 509 g/mol. The molecule has 0 radical (unpaired) electrons. The maximum Gasteiger partial charge on any atom is 0.324 e. The Morgan fingerprint density at radius 2 is 1.81 bits per heavy atom. The fraction of sp³-hybridized carbons (Fsp3) is 0.0870. The van der Waals surface area contributed by atoms with Gasteiger partial charge in [0.1, 0.15) is 5.82 Å². The third-order valence-corrected chi connectivity index (χ3v) is 7.19. The summed E-state index contributed by atoms with van der Waals surface area (Å²) in [6, 6.07) is 12.8. The lowest BCUT2D eigenvalue weighted by atomic mass is 10.2. The van der Waals surface area contributed by atoms with Crippen LogP contribution in [0.5, 0.6) is 0 Å². The number of benzene rings is 2. The van der Waals surface area contributed by atoms with Crippen molar-refractivity contribution in [2.45, 2.75) is 12.8 Å². The molecule has 0 atom stereocenters. The number of imide groups is 1. The van der Waals surface area contributed by atoms with Crippen molar-refractivity contribution in [3.8, 4) is 0 Å². The van der Waals surface area contributed by atoms with E-state index in [4.69, 9.17) is 0 Å². The molecule has 36 heavy (non-hydrogen) atoms. The molecule has 13 heteroatoms. The molecular formula is C23H14FN5O5S2. The Morgan fingerprint density at radius 1 is 1.08 bits per heavy atom. The molecule has 0 N–H and O–H groups in total. The van der Waals surface area contributed by atoms with Gasteiger partial charge in [0, 0.05) is 24.5 Å². The molecule has 1 aliphatic heterocycles. The summed E-state index contributed by atoms with van der Waals surface area (Å²) in [6.07, 6.45) is 1.58. The van der Waals surface area contributed by atoms with Crippen molar-refractivity contribution < 1.29 is 23.7 Å². The molecule has 2 aromatic heterocycles. The molecule has 180 valence electrons.